The van der Waals surface area contributed by atoms with E-state index >= 15 is 0 Å². The second-order valence-corrected chi connectivity index (χ2v) is 5.28. The SMILES string of the molecule is CN1CCC(c2cccc(O)c2)(N(C)C)CC1. The molecule has 3 heteroatoms. The minimum atomic E-state index is 0.0747. The number of benzene rings is 1. The maximum atomic E-state index is 9.66. The van der Waals surface area contributed by atoms with Crippen molar-refractivity contribution in [2.45, 2.75) is 18.4 Å². The van der Waals surface area contributed by atoms with Gasteiger partial charge in [0, 0.05) is 5.54 Å². The van der Waals surface area contributed by atoms with Crippen molar-refractivity contribution in [3.8, 4) is 5.75 Å². The van der Waals surface area contributed by atoms with Crippen molar-refractivity contribution < 1.29 is 5.11 Å². The summed E-state index contributed by atoms with van der Waals surface area (Å²) < 4.78 is 0. The molecule has 0 atom stereocenters. The molecule has 0 aromatic heterocycles. The van der Waals surface area contributed by atoms with Gasteiger partial charge in [-0.25, -0.2) is 0 Å². The average Bonchev–Trinajstić information content (AvgIpc) is 2.30. The van der Waals surface area contributed by atoms with Crippen molar-refractivity contribution in [2.24, 2.45) is 0 Å². The number of phenols is 1. The van der Waals surface area contributed by atoms with Gasteiger partial charge in [0.1, 0.15) is 5.75 Å². The molecule has 0 radical (unpaired) electrons. The summed E-state index contributed by atoms with van der Waals surface area (Å²) in [6.45, 7) is 2.21. The Morgan fingerprint density at radius 2 is 1.88 bits per heavy atom. The van der Waals surface area contributed by atoms with Gasteiger partial charge in [0.2, 0.25) is 0 Å². The number of piperidine rings is 1. The van der Waals surface area contributed by atoms with Crippen LogP contribution in [-0.2, 0) is 5.54 Å². The van der Waals surface area contributed by atoms with Crippen LogP contribution >= 0.6 is 0 Å². The van der Waals surface area contributed by atoms with Crippen LogP contribution in [0.5, 0.6) is 5.75 Å². The van der Waals surface area contributed by atoms with Crippen molar-refractivity contribution in [3.63, 3.8) is 0 Å². The maximum absolute atomic E-state index is 9.66. The number of aromatic hydroxyl groups is 1. The summed E-state index contributed by atoms with van der Waals surface area (Å²) in [7, 11) is 6.44. The van der Waals surface area contributed by atoms with Crippen LogP contribution in [-0.4, -0.2) is 49.1 Å². The van der Waals surface area contributed by atoms with Gasteiger partial charge in [-0.05, 0) is 64.8 Å². The summed E-state index contributed by atoms with van der Waals surface area (Å²) in [4.78, 5) is 4.67. The van der Waals surface area contributed by atoms with Crippen LogP contribution in [0.1, 0.15) is 18.4 Å². The summed E-state index contributed by atoms with van der Waals surface area (Å²) in [6.07, 6.45) is 2.22. The molecule has 1 heterocycles. The Hall–Kier alpha value is -1.06. The van der Waals surface area contributed by atoms with Gasteiger partial charge >= 0.3 is 0 Å². The Kier molecular flexibility index (Phi) is 3.40. The molecule has 0 bridgehead atoms. The lowest BCUT2D eigenvalue weighted by Gasteiger charge is -2.46. The van der Waals surface area contributed by atoms with Crippen molar-refractivity contribution in [1.29, 1.82) is 0 Å². The molecule has 1 aromatic carbocycles. The molecule has 2 rings (SSSR count). The molecule has 0 amide bonds. The number of likely N-dealkylation sites (tertiary alicyclic amines) is 1. The number of nitrogens with zero attached hydrogens (tertiary/aromatic N) is 2. The van der Waals surface area contributed by atoms with Crippen molar-refractivity contribution in [3.05, 3.63) is 29.8 Å². The average molecular weight is 234 g/mol. The molecule has 1 aliphatic heterocycles. The van der Waals surface area contributed by atoms with E-state index in [4.69, 9.17) is 0 Å². The third kappa shape index (κ3) is 2.31. The van der Waals surface area contributed by atoms with Crippen LogP contribution in [0.15, 0.2) is 24.3 Å². The minimum Gasteiger partial charge on any atom is -0.508 e. The first-order valence-electron chi connectivity index (χ1n) is 6.20. The monoisotopic (exact) mass is 234 g/mol. The van der Waals surface area contributed by atoms with Crippen molar-refractivity contribution in [1.82, 2.24) is 9.80 Å². The molecule has 1 saturated heterocycles. The Morgan fingerprint density at radius 3 is 2.41 bits per heavy atom. The lowest BCUT2D eigenvalue weighted by molar-refractivity contribution is 0.0642. The lowest BCUT2D eigenvalue weighted by Crippen LogP contribution is -2.49. The first kappa shape index (κ1) is 12.4. The van der Waals surface area contributed by atoms with Crippen LogP contribution in [0.4, 0.5) is 0 Å². The number of phenolic OH excluding ortho intramolecular Hbond substituents is 1. The molecule has 94 valence electrons. The predicted octanol–water partition coefficient (Wildman–Crippen LogP) is 1.87. The highest BCUT2D eigenvalue weighted by Crippen LogP contribution is 2.37. The zero-order valence-electron chi connectivity index (χ0n) is 11.0. The molecule has 0 saturated carbocycles. The molecule has 0 unspecified atom stereocenters. The zero-order valence-corrected chi connectivity index (χ0v) is 11.0. The van der Waals surface area contributed by atoms with Gasteiger partial charge in [-0.3, -0.25) is 4.90 Å². The molecule has 1 aliphatic rings. The van der Waals surface area contributed by atoms with E-state index in [1.807, 2.05) is 12.1 Å². The quantitative estimate of drug-likeness (QED) is 0.846. The Balaban J connectivity index is 2.35. The number of hydrogen-bond acceptors (Lipinski definition) is 3. The highest BCUT2D eigenvalue weighted by Gasteiger charge is 2.37. The molecular formula is C14H22N2O. The van der Waals surface area contributed by atoms with Gasteiger partial charge in [-0.1, -0.05) is 12.1 Å². The number of hydrogen-bond donors (Lipinski definition) is 1. The second-order valence-electron chi connectivity index (χ2n) is 5.28. The topological polar surface area (TPSA) is 26.7 Å². The van der Waals surface area contributed by atoms with Crippen molar-refractivity contribution in [2.75, 3.05) is 34.2 Å². The minimum absolute atomic E-state index is 0.0747. The Morgan fingerprint density at radius 1 is 1.24 bits per heavy atom. The van der Waals surface area contributed by atoms with E-state index in [1.54, 1.807) is 6.07 Å². The summed E-state index contributed by atoms with van der Waals surface area (Å²) in [6, 6.07) is 7.71. The van der Waals surface area contributed by atoms with Crippen LogP contribution in [0.2, 0.25) is 0 Å². The predicted molar refractivity (Wildman–Crippen MR) is 70.2 cm³/mol. The molecule has 1 N–H and O–H groups in total. The molecular weight excluding hydrogens is 212 g/mol. The van der Waals surface area contributed by atoms with Crippen LogP contribution in [0, 0.1) is 0 Å². The van der Waals surface area contributed by atoms with Gasteiger partial charge in [-0.2, -0.15) is 0 Å². The Bertz CT molecular complexity index is 382. The van der Waals surface area contributed by atoms with E-state index in [1.165, 1.54) is 5.56 Å². The van der Waals surface area contributed by atoms with Gasteiger partial charge in [0.05, 0.1) is 0 Å². The van der Waals surface area contributed by atoms with Crippen LogP contribution in [0.25, 0.3) is 0 Å². The van der Waals surface area contributed by atoms with E-state index in [2.05, 4.69) is 37.0 Å². The van der Waals surface area contributed by atoms with Crippen LogP contribution < -0.4 is 0 Å². The largest absolute Gasteiger partial charge is 0.508 e. The van der Waals surface area contributed by atoms with E-state index < -0.39 is 0 Å². The normalized spacial score (nSPS) is 20.7. The number of rotatable bonds is 2. The van der Waals surface area contributed by atoms with Gasteiger partial charge in [0.15, 0.2) is 0 Å². The van der Waals surface area contributed by atoms with E-state index in [9.17, 15) is 5.11 Å². The van der Waals surface area contributed by atoms with Gasteiger partial charge < -0.3 is 10.0 Å². The molecule has 0 spiro atoms. The second kappa shape index (κ2) is 4.67. The van der Waals surface area contributed by atoms with Gasteiger partial charge in [-0.15, -0.1) is 0 Å². The third-order valence-corrected chi connectivity index (χ3v) is 4.05. The lowest BCUT2D eigenvalue weighted by atomic mass is 9.80. The van der Waals surface area contributed by atoms with Crippen LogP contribution in [0.3, 0.4) is 0 Å². The summed E-state index contributed by atoms with van der Waals surface area (Å²) >= 11 is 0. The van der Waals surface area contributed by atoms with E-state index in [0.29, 0.717) is 5.75 Å². The zero-order chi connectivity index (χ0) is 12.5. The molecule has 1 aromatic rings. The van der Waals surface area contributed by atoms with E-state index in [0.717, 1.165) is 25.9 Å². The maximum Gasteiger partial charge on any atom is 0.115 e. The fourth-order valence-corrected chi connectivity index (χ4v) is 2.78. The third-order valence-electron chi connectivity index (χ3n) is 4.05. The highest BCUT2D eigenvalue weighted by atomic mass is 16.3. The first-order valence-corrected chi connectivity index (χ1v) is 6.20. The molecule has 3 nitrogen and oxygen atoms in total. The molecule has 1 fully saturated rings. The molecule has 17 heavy (non-hydrogen) atoms. The fraction of sp³-hybridized carbons (Fsp3) is 0.571. The first-order chi connectivity index (χ1) is 8.04. The summed E-state index contributed by atoms with van der Waals surface area (Å²) in [5.74, 6) is 0.364. The van der Waals surface area contributed by atoms with Gasteiger partial charge in [0.25, 0.3) is 0 Å². The fourth-order valence-electron chi connectivity index (χ4n) is 2.78. The summed E-state index contributed by atoms with van der Waals surface area (Å²) in [5, 5.41) is 9.66. The molecule has 0 aliphatic carbocycles. The smallest absolute Gasteiger partial charge is 0.115 e. The summed E-state index contributed by atoms with van der Waals surface area (Å²) in [5.41, 5.74) is 1.31. The van der Waals surface area contributed by atoms with E-state index in [-0.39, 0.29) is 5.54 Å². The van der Waals surface area contributed by atoms with Crippen molar-refractivity contribution >= 4 is 0 Å². The Labute approximate surface area is 104 Å². The standard InChI is InChI=1S/C14H22N2O/c1-15(2)14(7-9-16(3)10-8-14)12-5-4-6-13(17)11-12/h4-6,11,17H,7-10H2,1-3H3. The highest BCUT2D eigenvalue weighted by molar-refractivity contribution is 5.33.